The Hall–Kier alpha value is -1.82. The maximum Gasteiger partial charge on any atom is 0.416 e. The molecule has 19 heavy (non-hydrogen) atoms. The van der Waals surface area contributed by atoms with Crippen LogP contribution in [0.3, 0.4) is 0 Å². The minimum atomic E-state index is -4.36. The fourth-order valence-corrected chi connectivity index (χ4v) is 1.81. The first kappa shape index (κ1) is 13.6. The highest BCUT2D eigenvalue weighted by Gasteiger charge is 2.33. The molecule has 6 heteroatoms. The summed E-state index contributed by atoms with van der Waals surface area (Å²) in [6, 6.07) is 5.44. The average molecular weight is 270 g/mol. The summed E-state index contributed by atoms with van der Waals surface area (Å²) in [6.45, 7) is 0.518. The second-order valence-electron chi connectivity index (χ2n) is 4.09. The van der Waals surface area contributed by atoms with Crippen LogP contribution in [0.4, 0.5) is 13.2 Å². The summed E-state index contributed by atoms with van der Waals surface area (Å²) in [5, 5.41) is 2.89. The van der Waals surface area contributed by atoms with Crippen LogP contribution in [0, 0.1) is 0 Å². The normalized spacial score (nSPS) is 11.8. The Morgan fingerprint density at radius 3 is 2.68 bits per heavy atom. The Labute approximate surface area is 108 Å². The number of aromatic nitrogens is 1. The van der Waals surface area contributed by atoms with Crippen molar-refractivity contribution in [3.8, 4) is 0 Å². The van der Waals surface area contributed by atoms with E-state index in [1.165, 1.54) is 18.4 Å². The standard InChI is InChI=1S/C13H13F3N2O/c1-17-7-10-8-19-12(18-10)6-9-4-2-3-5-11(9)13(14,15)16/h2-5,8,17H,6-7H2,1H3. The average Bonchev–Trinajstić information content (AvgIpc) is 2.76. The van der Waals surface area contributed by atoms with E-state index in [9.17, 15) is 13.2 Å². The van der Waals surface area contributed by atoms with Gasteiger partial charge < -0.3 is 9.73 Å². The van der Waals surface area contributed by atoms with Crippen LogP contribution in [0.1, 0.15) is 22.7 Å². The number of alkyl halides is 3. The van der Waals surface area contributed by atoms with Crippen LogP contribution in [-0.4, -0.2) is 12.0 Å². The fraction of sp³-hybridized carbons (Fsp3) is 0.308. The van der Waals surface area contributed by atoms with Crippen molar-refractivity contribution in [3.63, 3.8) is 0 Å². The molecule has 0 atom stereocenters. The van der Waals surface area contributed by atoms with Gasteiger partial charge >= 0.3 is 6.18 Å². The molecule has 0 saturated carbocycles. The number of hydrogen-bond donors (Lipinski definition) is 1. The third-order valence-electron chi connectivity index (χ3n) is 2.62. The van der Waals surface area contributed by atoms with E-state index in [0.717, 1.165) is 6.07 Å². The van der Waals surface area contributed by atoms with Gasteiger partial charge in [0.25, 0.3) is 0 Å². The molecule has 1 N–H and O–H groups in total. The molecule has 2 aromatic rings. The summed E-state index contributed by atoms with van der Waals surface area (Å²) in [4.78, 5) is 4.12. The molecule has 0 aliphatic rings. The number of rotatable bonds is 4. The lowest BCUT2D eigenvalue weighted by Gasteiger charge is -2.10. The maximum atomic E-state index is 12.8. The third-order valence-corrected chi connectivity index (χ3v) is 2.62. The molecule has 102 valence electrons. The van der Waals surface area contributed by atoms with Gasteiger partial charge in [0, 0.05) is 13.0 Å². The molecule has 0 aliphatic heterocycles. The Morgan fingerprint density at radius 1 is 1.26 bits per heavy atom. The van der Waals surface area contributed by atoms with Gasteiger partial charge in [0.15, 0.2) is 5.89 Å². The SMILES string of the molecule is CNCc1coc(Cc2ccccc2C(F)(F)F)n1. The highest BCUT2D eigenvalue weighted by Crippen LogP contribution is 2.32. The summed E-state index contributed by atoms with van der Waals surface area (Å²) in [6.07, 6.45) is -2.89. The molecule has 0 unspecified atom stereocenters. The molecule has 0 spiro atoms. The van der Waals surface area contributed by atoms with Gasteiger partial charge in [0.1, 0.15) is 6.26 Å². The minimum absolute atomic E-state index is 0.0272. The van der Waals surface area contributed by atoms with Crippen molar-refractivity contribution in [1.82, 2.24) is 10.3 Å². The van der Waals surface area contributed by atoms with Crippen molar-refractivity contribution in [3.05, 3.63) is 53.2 Å². The number of halogens is 3. The van der Waals surface area contributed by atoms with Crippen LogP contribution in [0.2, 0.25) is 0 Å². The molecule has 0 saturated heterocycles. The first-order chi connectivity index (χ1) is 9.00. The molecule has 2 rings (SSSR count). The molecular weight excluding hydrogens is 257 g/mol. The Balaban J connectivity index is 2.23. The Bertz CT molecular complexity index is 549. The van der Waals surface area contributed by atoms with E-state index in [4.69, 9.17) is 4.42 Å². The quantitative estimate of drug-likeness (QED) is 0.928. The van der Waals surface area contributed by atoms with E-state index in [-0.39, 0.29) is 17.9 Å². The van der Waals surface area contributed by atoms with Crippen molar-refractivity contribution in [2.75, 3.05) is 7.05 Å². The van der Waals surface area contributed by atoms with E-state index < -0.39 is 11.7 Å². The fourth-order valence-electron chi connectivity index (χ4n) is 1.81. The number of benzene rings is 1. The summed E-state index contributed by atoms with van der Waals surface area (Å²) < 4.78 is 43.6. The zero-order chi connectivity index (χ0) is 13.9. The van der Waals surface area contributed by atoms with Gasteiger partial charge in [0.2, 0.25) is 0 Å². The van der Waals surface area contributed by atoms with Crippen molar-refractivity contribution in [2.24, 2.45) is 0 Å². The highest BCUT2D eigenvalue weighted by atomic mass is 19.4. The van der Waals surface area contributed by atoms with Gasteiger partial charge in [-0.1, -0.05) is 18.2 Å². The van der Waals surface area contributed by atoms with Gasteiger partial charge in [0.05, 0.1) is 11.3 Å². The molecule has 0 bridgehead atoms. The summed E-state index contributed by atoms with van der Waals surface area (Å²) in [5.74, 6) is 0.280. The first-order valence-corrected chi connectivity index (χ1v) is 5.73. The van der Waals surface area contributed by atoms with E-state index in [1.807, 2.05) is 0 Å². The zero-order valence-electron chi connectivity index (χ0n) is 10.3. The van der Waals surface area contributed by atoms with E-state index in [0.29, 0.717) is 12.2 Å². The van der Waals surface area contributed by atoms with E-state index >= 15 is 0 Å². The molecule has 3 nitrogen and oxygen atoms in total. The lowest BCUT2D eigenvalue weighted by atomic mass is 10.0. The van der Waals surface area contributed by atoms with Crippen LogP contribution in [0.25, 0.3) is 0 Å². The zero-order valence-corrected chi connectivity index (χ0v) is 10.3. The predicted molar refractivity (Wildman–Crippen MR) is 63.5 cm³/mol. The first-order valence-electron chi connectivity index (χ1n) is 5.73. The number of hydrogen-bond acceptors (Lipinski definition) is 3. The molecular formula is C13H13F3N2O. The molecule has 0 radical (unpaired) electrons. The maximum absolute atomic E-state index is 12.8. The topological polar surface area (TPSA) is 38.1 Å². The van der Waals surface area contributed by atoms with Crippen molar-refractivity contribution >= 4 is 0 Å². The molecule has 0 aliphatic carbocycles. The van der Waals surface area contributed by atoms with Gasteiger partial charge in [-0.15, -0.1) is 0 Å². The number of oxazole rings is 1. The number of nitrogens with zero attached hydrogens (tertiary/aromatic N) is 1. The molecule has 1 heterocycles. The van der Waals surface area contributed by atoms with Gasteiger partial charge in [-0.05, 0) is 18.7 Å². The van der Waals surface area contributed by atoms with E-state index in [1.54, 1.807) is 13.1 Å². The summed E-state index contributed by atoms with van der Waals surface area (Å²) >= 11 is 0. The Morgan fingerprint density at radius 2 is 2.00 bits per heavy atom. The number of nitrogens with one attached hydrogen (secondary N) is 1. The largest absolute Gasteiger partial charge is 0.448 e. The molecule has 1 aromatic heterocycles. The van der Waals surface area contributed by atoms with E-state index in [2.05, 4.69) is 10.3 Å². The smallest absolute Gasteiger partial charge is 0.416 e. The lowest BCUT2D eigenvalue weighted by molar-refractivity contribution is -0.138. The third kappa shape index (κ3) is 3.35. The molecule has 0 fully saturated rings. The monoisotopic (exact) mass is 270 g/mol. The second-order valence-corrected chi connectivity index (χ2v) is 4.09. The van der Waals surface area contributed by atoms with Crippen LogP contribution in [0.5, 0.6) is 0 Å². The Kier molecular flexibility index (Phi) is 3.90. The van der Waals surface area contributed by atoms with Crippen molar-refractivity contribution in [1.29, 1.82) is 0 Å². The summed E-state index contributed by atoms with van der Waals surface area (Å²) in [7, 11) is 1.76. The van der Waals surface area contributed by atoms with Gasteiger partial charge in [-0.2, -0.15) is 13.2 Å². The van der Waals surface area contributed by atoms with Crippen LogP contribution in [-0.2, 0) is 19.1 Å². The predicted octanol–water partition coefficient (Wildman–Crippen LogP) is 3.00. The lowest BCUT2D eigenvalue weighted by Crippen LogP contribution is -2.09. The van der Waals surface area contributed by atoms with Crippen LogP contribution >= 0.6 is 0 Å². The van der Waals surface area contributed by atoms with Gasteiger partial charge in [-0.3, -0.25) is 0 Å². The highest BCUT2D eigenvalue weighted by molar-refractivity contribution is 5.31. The molecule has 0 amide bonds. The molecule has 1 aromatic carbocycles. The van der Waals surface area contributed by atoms with Crippen LogP contribution < -0.4 is 5.32 Å². The van der Waals surface area contributed by atoms with Crippen molar-refractivity contribution < 1.29 is 17.6 Å². The van der Waals surface area contributed by atoms with Crippen LogP contribution in [0.15, 0.2) is 34.9 Å². The summed E-state index contributed by atoms with van der Waals surface area (Å²) in [5.41, 5.74) is 0.179. The van der Waals surface area contributed by atoms with Crippen molar-refractivity contribution in [2.45, 2.75) is 19.1 Å². The second kappa shape index (κ2) is 5.44. The van der Waals surface area contributed by atoms with Gasteiger partial charge in [-0.25, -0.2) is 4.98 Å². The minimum Gasteiger partial charge on any atom is -0.448 e.